The van der Waals surface area contributed by atoms with Crippen LogP contribution in [-0.4, -0.2) is 18.0 Å². The van der Waals surface area contributed by atoms with Crippen LogP contribution in [0.2, 0.25) is 0 Å². The van der Waals surface area contributed by atoms with Crippen molar-refractivity contribution in [1.29, 1.82) is 0 Å². The lowest BCUT2D eigenvalue weighted by Gasteiger charge is -2.05. The van der Waals surface area contributed by atoms with Crippen molar-refractivity contribution in [3.63, 3.8) is 0 Å². The average Bonchev–Trinajstić information content (AvgIpc) is 2.35. The van der Waals surface area contributed by atoms with E-state index >= 15 is 0 Å². The van der Waals surface area contributed by atoms with Gasteiger partial charge in [0.15, 0.2) is 0 Å². The number of anilines is 1. The highest BCUT2D eigenvalue weighted by Gasteiger charge is 2.03. The molecule has 4 nitrogen and oxygen atoms in total. The second-order valence-corrected chi connectivity index (χ2v) is 3.67. The van der Waals surface area contributed by atoms with Crippen molar-refractivity contribution in [1.82, 2.24) is 4.98 Å². The summed E-state index contributed by atoms with van der Waals surface area (Å²) in [5.41, 5.74) is 0.713. The molecule has 0 aliphatic heterocycles. The molecule has 92 valence electrons. The topological polar surface area (TPSA) is 51.2 Å². The third-order valence-corrected chi connectivity index (χ3v) is 2.29. The van der Waals surface area contributed by atoms with E-state index in [0.29, 0.717) is 18.0 Å². The Morgan fingerprint density at radius 3 is 3.12 bits per heavy atom. The van der Waals surface area contributed by atoms with Crippen LogP contribution in [-0.2, 0) is 4.79 Å². The molecular formula is C13H18N2O2. The fraction of sp³-hybridized carbons (Fsp3) is 0.385. The third-order valence-electron chi connectivity index (χ3n) is 2.29. The van der Waals surface area contributed by atoms with Crippen LogP contribution in [0.25, 0.3) is 0 Å². The Morgan fingerprint density at radius 1 is 1.59 bits per heavy atom. The number of hydrogen-bond acceptors (Lipinski definition) is 3. The summed E-state index contributed by atoms with van der Waals surface area (Å²) in [6.45, 7) is 3.64. The minimum Gasteiger partial charge on any atom is -0.481 e. The van der Waals surface area contributed by atoms with Gasteiger partial charge in [-0.3, -0.25) is 4.79 Å². The van der Waals surface area contributed by atoms with Crippen molar-refractivity contribution in [3.05, 3.63) is 31.0 Å². The van der Waals surface area contributed by atoms with Gasteiger partial charge >= 0.3 is 0 Å². The molecule has 0 spiro atoms. The summed E-state index contributed by atoms with van der Waals surface area (Å²) in [4.78, 5) is 15.5. The molecule has 4 heteroatoms. The number of carbonyl (C=O) groups is 1. The quantitative estimate of drug-likeness (QED) is 0.583. The minimum atomic E-state index is 0.0160. The molecule has 1 heterocycles. The Kier molecular flexibility index (Phi) is 5.79. The number of rotatable bonds is 7. The van der Waals surface area contributed by atoms with Crippen molar-refractivity contribution < 1.29 is 9.53 Å². The molecular weight excluding hydrogens is 216 g/mol. The van der Waals surface area contributed by atoms with Crippen LogP contribution in [0.15, 0.2) is 31.0 Å². The van der Waals surface area contributed by atoms with Gasteiger partial charge < -0.3 is 10.1 Å². The van der Waals surface area contributed by atoms with Crippen molar-refractivity contribution in [2.45, 2.75) is 25.7 Å². The van der Waals surface area contributed by atoms with E-state index in [0.717, 1.165) is 19.3 Å². The molecule has 0 saturated carbocycles. The van der Waals surface area contributed by atoms with Crippen molar-refractivity contribution >= 4 is 11.6 Å². The van der Waals surface area contributed by atoms with E-state index < -0.39 is 0 Å². The zero-order chi connectivity index (χ0) is 12.5. The van der Waals surface area contributed by atoms with Gasteiger partial charge in [-0.1, -0.05) is 6.08 Å². The lowest BCUT2D eigenvalue weighted by atomic mass is 10.2. The molecule has 1 N–H and O–H groups in total. The van der Waals surface area contributed by atoms with E-state index in [1.807, 2.05) is 6.08 Å². The molecule has 0 saturated heterocycles. The number of hydrogen-bond donors (Lipinski definition) is 1. The van der Waals surface area contributed by atoms with Crippen LogP contribution < -0.4 is 10.1 Å². The monoisotopic (exact) mass is 234 g/mol. The number of allylic oxidation sites excluding steroid dienone is 1. The zero-order valence-corrected chi connectivity index (χ0v) is 10.1. The fourth-order valence-corrected chi connectivity index (χ4v) is 1.40. The van der Waals surface area contributed by atoms with E-state index in [1.165, 1.54) is 0 Å². The molecule has 0 fully saturated rings. The number of nitrogens with zero attached hydrogens (tertiary/aromatic N) is 1. The highest BCUT2D eigenvalue weighted by Crippen LogP contribution is 2.14. The minimum absolute atomic E-state index is 0.0160. The molecule has 0 bridgehead atoms. The Bertz CT molecular complexity index is 377. The van der Waals surface area contributed by atoms with Crippen LogP contribution in [0, 0.1) is 0 Å². The van der Waals surface area contributed by atoms with Crippen LogP contribution in [0.1, 0.15) is 25.7 Å². The summed E-state index contributed by atoms with van der Waals surface area (Å²) >= 11 is 0. The summed E-state index contributed by atoms with van der Waals surface area (Å²) in [6.07, 6.45) is 6.82. The van der Waals surface area contributed by atoms with Crippen LogP contribution in [0.3, 0.4) is 0 Å². The molecule has 17 heavy (non-hydrogen) atoms. The zero-order valence-electron chi connectivity index (χ0n) is 10.1. The first-order valence-corrected chi connectivity index (χ1v) is 5.67. The molecule has 0 radical (unpaired) electrons. The van der Waals surface area contributed by atoms with Crippen LogP contribution in [0.4, 0.5) is 5.69 Å². The highest BCUT2D eigenvalue weighted by atomic mass is 16.5. The van der Waals surface area contributed by atoms with Crippen LogP contribution >= 0.6 is 0 Å². The van der Waals surface area contributed by atoms with Gasteiger partial charge in [0.2, 0.25) is 11.8 Å². The van der Waals surface area contributed by atoms with Gasteiger partial charge in [0.05, 0.1) is 7.11 Å². The average molecular weight is 234 g/mol. The molecule has 0 aromatic carbocycles. The number of nitrogens with one attached hydrogen (secondary N) is 1. The largest absolute Gasteiger partial charge is 0.481 e. The number of ether oxygens (including phenoxy) is 1. The third kappa shape index (κ3) is 5.15. The Balaban J connectivity index is 2.36. The Hall–Kier alpha value is -1.84. The first-order valence-electron chi connectivity index (χ1n) is 5.67. The van der Waals surface area contributed by atoms with Gasteiger partial charge in [-0.25, -0.2) is 4.98 Å². The normalized spacial score (nSPS) is 9.71. The summed E-state index contributed by atoms with van der Waals surface area (Å²) in [5, 5.41) is 2.81. The Labute approximate surface area is 102 Å². The summed E-state index contributed by atoms with van der Waals surface area (Å²) in [7, 11) is 1.54. The van der Waals surface area contributed by atoms with E-state index in [4.69, 9.17) is 4.74 Å². The molecule has 0 aliphatic rings. The smallest absolute Gasteiger partial charge is 0.224 e. The first kappa shape index (κ1) is 13.2. The number of pyridine rings is 1. The van der Waals surface area contributed by atoms with Gasteiger partial charge in [-0.2, -0.15) is 0 Å². The Morgan fingerprint density at radius 2 is 2.41 bits per heavy atom. The van der Waals surface area contributed by atoms with Gasteiger partial charge in [-0.15, -0.1) is 6.58 Å². The SMILES string of the molecule is C=CCCCCC(=O)Nc1ccnc(OC)c1. The predicted octanol–water partition coefficient (Wildman–Crippen LogP) is 2.78. The molecule has 1 aromatic rings. The van der Waals surface area contributed by atoms with E-state index in [9.17, 15) is 4.79 Å². The van der Waals surface area contributed by atoms with Gasteiger partial charge in [-0.05, 0) is 25.3 Å². The van der Waals surface area contributed by atoms with Gasteiger partial charge in [0.1, 0.15) is 0 Å². The highest BCUT2D eigenvalue weighted by molar-refractivity contribution is 5.90. The maximum atomic E-state index is 11.6. The standard InChI is InChI=1S/C13H18N2O2/c1-3-4-5-6-7-12(16)15-11-8-9-14-13(10-11)17-2/h3,8-10H,1,4-7H2,2H3,(H,14,15,16). The number of methoxy groups -OCH3 is 1. The molecule has 0 unspecified atom stereocenters. The van der Waals surface area contributed by atoms with Crippen molar-refractivity contribution in [3.8, 4) is 5.88 Å². The van der Waals surface area contributed by atoms with E-state index in [2.05, 4.69) is 16.9 Å². The van der Waals surface area contributed by atoms with Crippen molar-refractivity contribution in [2.24, 2.45) is 0 Å². The summed E-state index contributed by atoms with van der Waals surface area (Å²) in [5.74, 6) is 0.511. The molecule has 1 rings (SSSR count). The lowest BCUT2D eigenvalue weighted by Crippen LogP contribution is -2.11. The van der Waals surface area contributed by atoms with Gasteiger partial charge in [0, 0.05) is 24.4 Å². The number of aromatic nitrogens is 1. The van der Waals surface area contributed by atoms with E-state index in [-0.39, 0.29) is 5.91 Å². The first-order chi connectivity index (χ1) is 8.26. The van der Waals surface area contributed by atoms with Crippen LogP contribution in [0.5, 0.6) is 5.88 Å². The number of carbonyl (C=O) groups excluding carboxylic acids is 1. The second kappa shape index (κ2) is 7.44. The molecule has 1 amide bonds. The lowest BCUT2D eigenvalue weighted by molar-refractivity contribution is -0.116. The number of amides is 1. The molecule has 0 atom stereocenters. The predicted molar refractivity (Wildman–Crippen MR) is 68.1 cm³/mol. The van der Waals surface area contributed by atoms with Crippen molar-refractivity contribution in [2.75, 3.05) is 12.4 Å². The molecule has 1 aromatic heterocycles. The van der Waals surface area contributed by atoms with E-state index in [1.54, 1.807) is 25.4 Å². The fourth-order valence-electron chi connectivity index (χ4n) is 1.40. The second-order valence-electron chi connectivity index (χ2n) is 3.67. The maximum Gasteiger partial charge on any atom is 0.224 e. The summed E-state index contributed by atoms with van der Waals surface area (Å²) < 4.78 is 4.98. The summed E-state index contributed by atoms with van der Waals surface area (Å²) in [6, 6.07) is 3.44. The number of unbranched alkanes of at least 4 members (excludes halogenated alkanes) is 2. The van der Waals surface area contributed by atoms with Gasteiger partial charge in [0.25, 0.3) is 0 Å². The maximum absolute atomic E-state index is 11.6. The molecule has 0 aliphatic carbocycles.